The van der Waals surface area contributed by atoms with E-state index in [0.717, 1.165) is 5.56 Å². The minimum Gasteiger partial charge on any atom is -0.379 e. The fourth-order valence-electron chi connectivity index (χ4n) is 2.12. The predicted octanol–water partition coefficient (Wildman–Crippen LogP) is 1.68. The molecule has 2 rings (SSSR count). The third-order valence-electron chi connectivity index (χ3n) is 3.34. The first-order valence-electron chi connectivity index (χ1n) is 5.59. The van der Waals surface area contributed by atoms with Gasteiger partial charge in [0.25, 0.3) is 0 Å². The molecule has 0 saturated carbocycles. The number of hydrogen-bond acceptors (Lipinski definition) is 3. The molecule has 4 heteroatoms. The fourth-order valence-corrected chi connectivity index (χ4v) is 2.12. The summed E-state index contributed by atoms with van der Waals surface area (Å²) in [5.74, 6) is -0.547. The van der Waals surface area contributed by atoms with Crippen molar-refractivity contribution >= 4 is 5.78 Å². The standard InChI is InChI=1S/C13H16FNO2/c1-8-3-9(5-10(14)4-8)12(16)13(2)7-17-6-11(13)15/h3-5,11H,6-7,15H2,1-2H3. The third-order valence-corrected chi connectivity index (χ3v) is 3.34. The second kappa shape index (κ2) is 4.20. The molecule has 0 aromatic heterocycles. The van der Waals surface area contributed by atoms with E-state index < -0.39 is 11.2 Å². The molecule has 1 aromatic rings. The van der Waals surface area contributed by atoms with E-state index in [1.165, 1.54) is 12.1 Å². The molecule has 0 radical (unpaired) electrons. The molecule has 0 bridgehead atoms. The first-order chi connectivity index (χ1) is 7.93. The summed E-state index contributed by atoms with van der Waals surface area (Å²) in [5.41, 5.74) is 6.23. The average molecular weight is 237 g/mol. The van der Waals surface area contributed by atoms with Gasteiger partial charge in [-0.15, -0.1) is 0 Å². The molecule has 3 nitrogen and oxygen atoms in total. The van der Waals surface area contributed by atoms with Crippen molar-refractivity contribution in [3.63, 3.8) is 0 Å². The number of hydrogen-bond donors (Lipinski definition) is 1. The van der Waals surface area contributed by atoms with Gasteiger partial charge in [-0.1, -0.05) is 0 Å². The van der Waals surface area contributed by atoms with E-state index in [1.54, 1.807) is 19.9 Å². The van der Waals surface area contributed by atoms with Crippen LogP contribution in [-0.4, -0.2) is 25.0 Å². The Labute approximate surface area is 99.8 Å². The van der Waals surface area contributed by atoms with E-state index in [2.05, 4.69) is 0 Å². The summed E-state index contributed by atoms with van der Waals surface area (Å²) in [6.07, 6.45) is 0. The maximum Gasteiger partial charge on any atom is 0.172 e. The molecule has 1 fully saturated rings. The molecule has 0 amide bonds. The number of Topliss-reactive ketones (excluding diaryl/α,β-unsaturated/α-hetero) is 1. The van der Waals surface area contributed by atoms with Crippen molar-refractivity contribution in [2.75, 3.05) is 13.2 Å². The summed E-state index contributed by atoms with van der Waals surface area (Å²) in [6, 6.07) is 4.00. The van der Waals surface area contributed by atoms with Gasteiger partial charge in [0.1, 0.15) is 5.82 Å². The summed E-state index contributed by atoms with van der Waals surface area (Å²) in [7, 11) is 0. The van der Waals surface area contributed by atoms with Crippen LogP contribution in [0.25, 0.3) is 0 Å². The van der Waals surface area contributed by atoms with Crippen molar-refractivity contribution in [3.8, 4) is 0 Å². The quantitative estimate of drug-likeness (QED) is 0.796. The van der Waals surface area contributed by atoms with Crippen molar-refractivity contribution in [2.24, 2.45) is 11.1 Å². The summed E-state index contributed by atoms with van der Waals surface area (Å²) >= 11 is 0. The number of ketones is 1. The Balaban J connectivity index is 2.37. The van der Waals surface area contributed by atoms with Gasteiger partial charge in [-0.05, 0) is 37.6 Å². The van der Waals surface area contributed by atoms with Crippen molar-refractivity contribution in [3.05, 3.63) is 35.1 Å². The van der Waals surface area contributed by atoms with Crippen LogP contribution >= 0.6 is 0 Å². The molecule has 1 aliphatic rings. The second-order valence-electron chi connectivity index (χ2n) is 4.89. The maximum atomic E-state index is 13.3. The van der Waals surface area contributed by atoms with Crippen LogP contribution in [0.5, 0.6) is 0 Å². The normalized spacial score (nSPS) is 28.4. The Kier molecular flexibility index (Phi) is 3.02. The van der Waals surface area contributed by atoms with E-state index in [9.17, 15) is 9.18 Å². The molecule has 2 atom stereocenters. The molecular formula is C13H16FNO2. The zero-order valence-corrected chi connectivity index (χ0v) is 10.00. The van der Waals surface area contributed by atoms with Crippen LogP contribution in [0, 0.1) is 18.2 Å². The lowest BCUT2D eigenvalue weighted by Crippen LogP contribution is -2.44. The topological polar surface area (TPSA) is 52.3 Å². The van der Waals surface area contributed by atoms with Crippen LogP contribution in [0.2, 0.25) is 0 Å². The summed E-state index contributed by atoms with van der Waals surface area (Å²) in [6.45, 7) is 4.19. The molecule has 1 heterocycles. The van der Waals surface area contributed by atoms with Gasteiger partial charge in [-0.25, -0.2) is 4.39 Å². The molecule has 1 aliphatic heterocycles. The molecule has 2 N–H and O–H groups in total. The first kappa shape index (κ1) is 12.2. The van der Waals surface area contributed by atoms with Crippen molar-refractivity contribution < 1.29 is 13.9 Å². The van der Waals surface area contributed by atoms with E-state index in [0.29, 0.717) is 18.8 Å². The Bertz CT molecular complexity index is 440. The lowest BCUT2D eigenvalue weighted by molar-refractivity contribution is 0.0767. The Morgan fingerprint density at radius 1 is 1.53 bits per heavy atom. The lowest BCUT2D eigenvalue weighted by Gasteiger charge is -2.25. The monoisotopic (exact) mass is 237 g/mol. The Morgan fingerprint density at radius 3 is 2.76 bits per heavy atom. The van der Waals surface area contributed by atoms with Gasteiger partial charge < -0.3 is 10.5 Å². The molecule has 1 aromatic carbocycles. The molecule has 0 spiro atoms. The van der Waals surface area contributed by atoms with Gasteiger partial charge in [0.05, 0.1) is 18.6 Å². The van der Waals surface area contributed by atoms with Crippen LogP contribution < -0.4 is 5.73 Å². The van der Waals surface area contributed by atoms with E-state index >= 15 is 0 Å². The second-order valence-corrected chi connectivity index (χ2v) is 4.89. The van der Waals surface area contributed by atoms with Gasteiger partial charge >= 0.3 is 0 Å². The number of benzene rings is 1. The Morgan fingerprint density at radius 2 is 2.24 bits per heavy atom. The average Bonchev–Trinajstić information content (AvgIpc) is 2.58. The number of carbonyl (C=O) groups is 1. The highest BCUT2D eigenvalue weighted by atomic mass is 19.1. The van der Waals surface area contributed by atoms with Gasteiger partial charge in [0.15, 0.2) is 5.78 Å². The zero-order chi connectivity index (χ0) is 12.6. The molecule has 2 unspecified atom stereocenters. The molecule has 0 aliphatic carbocycles. The summed E-state index contributed by atoms with van der Waals surface area (Å²) < 4.78 is 18.5. The zero-order valence-electron chi connectivity index (χ0n) is 10.00. The highest BCUT2D eigenvalue weighted by molar-refractivity contribution is 6.01. The van der Waals surface area contributed by atoms with Crippen LogP contribution in [0.15, 0.2) is 18.2 Å². The summed E-state index contributed by atoms with van der Waals surface area (Å²) in [4.78, 5) is 12.4. The molecular weight excluding hydrogens is 221 g/mol. The predicted molar refractivity (Wildman–Crippen MR) is 62.4 cm³/mol. The fraction of sp³-hybridized carbons (Fsp3) is 0.462. The molecule has 1 saturated heterocycles. The van der Waals surface area contributed by atoms with Crippen LogP contribution in [0.3, 0.4) is 0 Å². The lowest BCUT2D eigenvalue weighted by atomic mass is 9.78. The van der Waals surface area contributed by atoms with E-state index in [-0.39, 0.29) is 11.8 Å². The van der Waals surface area contributed by atoms with Gasteiger partial charge in [-0.2, -0.15) is 0 Å². The first-order valence-corrected chi connectivity index (χ1v) is 5.59. The number of carbonyl (C=O) groups excluding carboxylic acids is 1. The number of nitrogens with two attached hydrogens (primary N) is 1. The van der Waals surface area contributed by atoms with Gasteiger partial charge in [0.2, 0.25) is 0 Å². The minimum atomic E-state index is -0.750. The van der Waals surface area contributed by atoms with Crippen molar-refractivity contribution in [1.82, 2.24) is 0 Å². The van der Waals surface area contributed by atoms with E-state index in [4.69, 9.17) is 10.5 Å². The number of rotatable bonds is 2. The molecule has 92 valence electrons. The number of halogens is 1. The van der Waals surface area contributed by atoms with Crippen molar-refractivity contribution in [2.45, 2.75) is 19.9 Å². The van der Waals surface area contributed by atoms with Crippen LogP contribution in [-0.2, 0) is 4.74 Å². The van der Waals surface area contributed by atoms with Gasteiger partial charge in [0, 0.05) is 11.6 Å². The third kappa shape index (κ3) is 2.10. The SMILES string of the molecule is Cc1cc(F)cc(C(=O)C2(C)COCC2N)c1. The van der Waals surface area contributed by atoms with Gasteiger partial charge in [-0.3, -0.25) is 4.79 Å². The highest BCUT2D eigenvalue weighted by Crippen LogP contribution is 2.31. The Hall–Kier alpha value is -1.26. The van der Waals surface area contributed by atoms with E-state index in [1.807, 2.05) is 0 Å². The van der Waals surface area contributed by atoms with Crippen LogP contribution in [0.4, 0.5) is 4.39 Å². The summed E-state index contributed by atoms with van der Waals surface area (Å²) in [5, 5.41) is 0. The van der Waals surface area contributed by atoms with Crippen LogP contribution in [0.1, 0.15) is 22.8 Å². The maximum absolute atomic E-state index is 13.3. The van der Waals surface area contributed by atoms with Crippen molar-refractivity contribution in [1.29, 1.82) is 0 Å². The molecule has 17 heavy (non-hydrogen) atoms. The minimum absolute atomic E-state index is 0.148. The largest absolute Gasteiger partial charge is 0.379 e. The number of aryl methyl sites for hydroxylation is 1. The highest BCUT2D eigenvalue weighted by Gasteiger charge is 2.44. The smallest absolute Gasteiger partial charge is 0.172 e. The number of ether oxygens (including phenoxy) is 1.